The molecule has 0 saturated carbocycles. The predicted octanol–water partition coefficient (Wildman–Crippen LogP) is 4.24. The van der Waals surface area contributed by atoms with E-state index >= 15 is 0 Å². The molecule has 0 bridgehead atoms. The van der Waals surface area contributed by atoms with Crippen molar-refractivity contribution in [2.75, 3.05) is 13.2 Å². The average molecular weight is 371 g/mol. The summed E-state index contributed by atoms with van der Waals surface area (Å²) in [7, 11) is 0. The molecular formula is C17H20Cl2N2O3. The highest BCUT2D eigenvalue weighted by molar-refractivity contribution is 6.42. The Hall–Kier alpha value is -1.69. The summed E-state index contributed by atoms with van der Waals surface area (Å²) in [6.07, 6.45) is 2.06. The molecule has 0 spiro atoms. The van der Waals surface area contributed by atoms with Gasteiger partial charge in [0.15, 0.2) is 0 Å². The number of urea groups is 1. The number of carbonyl (C=O) groups excluding carboxylic acids is 1. The molecule has 5 nitrogen and oxygen atoms in total. The molecule has 2 rings (SSSR count). The molecule has 2 aromatic rings. The van der Waals surface area contributed by atoms with E-state index in [9.17, 15) is 4.79 Å². The highest BCUT2D eigenvalue weighted by Crippen LogP contribution is 2.23. The van der Waals surface area contributed by atoms with E-state index in [4.69, 9.17) is 32.7 Å². The maximum absolute atomic E-state index is 12.5. The van der Waals surface area contributed by atoms with Crippen molar-refractivity contribution in [2.24, 2.45) is 0 Å². The third kappa shape index (κ3) is 5.16. The molecule has 1 aromatic heterocycles. The molecule has 1 unspecified atom stereocenters. The summed E-state index contributed by atoms with van der Waals surface area (Å²) in [5, 5.41) is 12.9. The van der Waals surface area contributed by atoms with Crippen molar-refractivity contribution in [3.05, 3.63) is 58.0 Å². The van der Waals surface area contributed by atoms with Crippen LogP contribution >= 0.6 is 23.2 Å². The van der Waals surface area contributed by atoms with Gasteiger partial charge in [0.05, 0.1) is 22.4 Å². The fourth-order valence-electron chi connectivity index (χ4n) is 2.26. The Morgan fingerprint density at radius 3 is 2.75 bits per heavy atom. The van der Waals surface area contributed by atoms with E-state index in [1.807, 2.05) is 19.1 Å². The van der Waals surface area contributed by atoms with Crippen molar-refractivity contribution < 1.29 is 14.3 Å². The number of halogens is 2. The van der Waals surface area contributed by atoms with Crippen LogP contribution in [0.1, 0.15) is 30.7 Å². The molecular weight excluding hydrogens is 351 g/mol. The lowest BCUT2D eigenvalue weighted by Gasteiger charge is -2.25. The standard InChI is InChI=1S/C17H20Cl2N2O3/c1-12(16-4-2-9-24-16)20-17(23)21(7-3-8-22)11-13-5-6-14(18)15(19)10-13/h2,4-6,9-10,12,22H,3,7-8,11H2,1H3,(H,20,23). The van der Waals surface area contributed by atoms with Gasteiger partial charge in [-0.2, -0.15) is 0 Å². The van der Waals surface area contributed by atoms with Crippen LogP contribution in [0.25, 0.3) is 0 Å². The zero-order valence-electron chi connectivity index (χ0n) is 13.3. The summed E-state index contributed by atoms with van der Waals surface area (Å²) in [5.41, 5.74) is 0.864. The molecule has 1 heterocycles. The van der Waals surface area contributed by atoms with Crippen LogP contribution in [-0.4, -0.2) is 29.2 Å². The van der Waals surface area contributed by atoms with Gasteiger partial charge in [0.2, 0.25) is 0 Å². The van der Waals surface area contributed by atoms with E-state index < -0.39 is 0 Å². The molecule has 2 amide bonds. The number of furan rings is 1. The lowest BCUT2D eigenvalue weighted by atomic mass is 10.2. The molecule has 24 heavy (non-hydrogen) atoms. The third-order valence-corrected chi connectivity index (χ3v) is 4.28. The number of nitrogens with zero attached hydrogens (tertiary/aromatic N) is 1. The Balaban J connectivity index is 2.05. The summed E-state index contributed by atoms with van der Waals surface area (Å²) in [4.78, 5) is 14.2. The molecule has 0 fully saturated rings. The van der Waals surface area contributed by atoms with E-state index in [2.05, 4.69) is 5.32 Å². The largest absolute Gasteiger partial charge is 0.467 e. The quantitative estimate of drug-likeness (QED) is 0.765. The highest BCUT2D eigenvalue weighted by atomic mass is 35.5. The van der Waals surface area contributed by atoms with Gasteiger partial charge in [0.25, 0.3) is 0 Å². The number of hydrogen-bond acceptors (Lipinski definition) is 3. The van der Waals surface area contributed by atoms with Crippen molar-refractivity contribution in [3.8, 4) is 0 Å². The molecule has 2 N–H and O–H groups in total. The van der Waals surface area contributed by atoms with Crippen molar-refractivity contribution in [2.45, 2.75) is 25.9 Å². The van der Waals surface area contributed by atoms with Gasteiger partial charge in [-0.1, -0.05) is 29.3 Å². The van der Waals surface area contributed by atoms with Crippen LogP contribution in [0, 0.1) is 0 Å². The Morgan fingerprint density at radius 1 is 1.33 bits per heavy atom. The normalized spacial score (nSPS) is 12.0. The number of aliphatic hydroxyl groups is 1. The molecule has 0 radical (unpaired) electrons. The number of amides is 2. The van der Waals surface area contributed by atoms with Gasteiger partial charge in [-0.15, -0.1) is 0 Å². The number of nitrogens with one attached hydrogen (secondary N) is 1. The van der Waals surface area contributed by atoms with Crippen molar-refractivity contribution in [1.82, 2.24) is 10.2 Å². The SMILES string of the molecule is CC(NC(=O)N(CCCO)Cc1ccc(Cl)c(Cl)c1)c1ccco1. The van der Waals surface area contributed by atoms with Crippen molar-refractivity contribution in [1.29, 1.82) is 0 Å². The summed E-state index contributed by atoms with van der Waals surface area (Å²) in [6.45, 7) is 2.65. The second kappa shape index (κ2) is 8.97. The number of hydrogen-bond donors (Lipinski definition) is 2. The van der Waals surface area contributed by atoms with Gasteiger partial charge in [-0.3, -0.25) is 0 Å². The second-order valence-corrected chi connectivity index (χ2v) is 6.25. The summed E-state index contributed by atoms with van der Waals surface area (Å²) < 4.78 is 5.30. The van der Waals surface area contributed by atoms with Crippen molar-refractivity contribution >= 4 is 29.2 Å². The monoisotopic (exact) mass is 370 g/mol. The van der Waals surface area contributed by atoms with Gasteiger partial charge in [0.1, 0.15) is 5.76 Å². The maximum Gasteiger partial charge on any atom is 0.318 e. The first-order valence-electron chi connectivity index (χ1n) is 7.65. The van der Waals surface area contributed by atoms with E-state index in [-0.39, 0.29) is 18.7 Å². The van der Waals surface area contributed by atoms with Gasteiger partial charge in [-0.25, -0.2) is 4.79 Å². The molecule has 1 aromatic carbocycles. The minimum Gasteiger partial charge on any atom is -0.467 e. The van der Waals surface area contributed by atoms with Crippen molar-refractivity contribution in [3.63, 3.8) is 0 Å². The smallest absolute Gasteiger partial charge is 0.318 e. The first-order chi connectivity index (χ1) is 11.5. The molecule has 0 aliphatic rings. The first-order valence-corrected chi connectivity index (χ1v) is 8.40. The second-order valence-electron chi connectivity index (χ2n) is 5.43. The number of aliphatic hydroxyl groups excluding tert-OH is 1. The summed E-state index contributed by atoms with van der Waals surface area (Å²) in [5.74, 6) is 0.681. The molecule has 130 valence electrons. The molecule has 0 aliphatic heterocycles. The Bertz CT molecular complexity index is 662. The van der Waals surface area contributed by atoms with E-state index in [0.717, 1.165) is 5.56 Å². The fourth-order valence-corrected chi connectivity index (χ4v) is 2.58. The lowest BCUT2D eigenvalue weighted by molar-refractivity contribution is 0.182. The van der Waals surface area contributed by atoms with Crippen LogP contribution in [0.15, 0.2) is 41.0 Å². The number of rotatable bonds is 7. The van der Waals surface area contributed by atoms with Crippen LogP contribution in [0.2, 0.25) is 10.0 Å². The van der Waals surface area contributed by atoms with E-state index in [1.165, 1.54) is 0 Å². The zero-order valence-corrected chi connectivity index (χ0v) is 14.8. The summed E-state index contributed by atoms with van der Waals surface area (Å²) in [6, 6.07) is 8.35. The number of carbonyl (C=O) groups is 1. The Morgan fingerprint density at radius 2 is 2.12 bits per heavy atom. The molecule has 0 saturated heterocycles. The van der Waals surface area contributed by atoms with Crippen LogP contribution in [0.3, 0.4) is 0 Å². The van der Waals surface area contributed by atoms with Gasteiger partial charge in [0, 0.05) is 19.7 Å². The first kappa shape index (κ1) is 18.6. The highest BCUT2D eigenvalue weighted by Gasteiger charge is 2.18. The molecule has 1 atom stereocenters. The predicted molar refractivity (Wildman–Crippen MR) is 94.2 cm³/mol. The van der Waals surface area contributed by atoms with E-state index in [0.29, 0.717) is 35.3 Å². The minimum absolute atomic E-state index is 0.0128. The van der Waals surface area contributed by atoms with Crippen LogP contribution in [-0.2, 0) is 6.54 Å². The topological polar surface area (TPSA) is 65.7 Å². The molecule has 7 heteroatoms. The maximum atomic E-state index is 12.5. The third-order valence-electron chi connectivity index (χ3n) is 3.54. The van der Waals surface area contributed by atoms with Gasteiger partial charge in [-0.05, 0) is 43.2 Å². The Kier molecular flexibility index (Phi) is 6.97. The Labute approximate surface area is 151 Å². The van der Waals surface area contributed by atoms with Crippen LogP contribution in [0.4, 0.5) is 4.79 Å². The van der Waals surface area contributed by atoms with Gasteiger partial charge >= 0.3 is 6.03 Å². The van der Waals surface area contributed by atoms with E-state index in [1.54, 1.807) is 29.4 Å². The minimum atomic E-state index is -0.252. The average Bonchev–Trinajstić information content (AvgIpc) is 3.09. The zero-order chi connectivity index (χ0) is 17.5. The number of benzene rings is 1. The lowest BCUT2D eigenvalue weighted by Crippen LogP contribution is -2.41. The van der Waals surface area contributed by atoms with Crippen LogP contribution < -0.4 is 5.32 Å². The molecule has 0 aliphatic carbocycles. The van der Waals surface area contributed by atoms with Crippen LogP contribution in [0.5, 0.6) is 0 Å². The fraction of sp³-hybridized carbons (Fsp3) is 0.353. The summed E-state index contributed by atoms with van der Waals surface area (Å²) >= 11 is 12.0. The van der Waals surface area contributed by atoms with Gasteiger partial charge < -0.3 is 19.7 Å².